The van der Waals surface area contributed by atoms with Crippen LogP contribution in [-0.2, 0) is 4.79 Å². The third kappa shape index (κ3) is 2.27. The fraction of sp³-hybridized carbons (Fsp3) is 0.375. The van der Waals surface area contributed by atoms with E-state index in [4.69, 9.17) is 0 Å². The van der Waals surface area contributed by atoms with Gasteiger partial charge in [-0.3, -0.25) is 4.79 Å². The van der Waals surface area contributed by atoms with Gasteiger partial charge in [0.1, 0.15) is 6.29 Å². The molecule has 0 saturated heterocycles. The second-order valence-electron chi connectivity index (χ2n) is 2.27. The van der Waals surface area contributed by atoms with Gasteiger partial charge in [0, 0.05) is 5.57 Å². The number of hydrogen-bond acceptors (Lipinski definition) is 1. The molecule has 50 valence electrons. The van der Waals surface area contributed by atoms with Gasteiger partial charge in [-0.1, -0.05) is 12.2 Å². The Bertz CT molecular complexity index is 159. The van der Waals surface area contributed by atoms with Crippen LogP contribution in [0, 0.1) is 0 Å². The topological polar surface area (TPSA) is 17.1 Å². The molecule has 0 unspecified atom stereocenters. The zero-order valence-corrected chi connectivity index (χ0v) is 6.19. The summed E-state index contributed by atoms with van der Waals surface area (Å²) in [7, 11) is 0. The zero-order valence-electron chi connectivity index (χ0n) is 6.19. The minimum atomic E-state index is 0.579. The smallest absolute Gasteiger partial charge is 0.149 e. The van der Waals surface area contributed by atoms with Crippen molar-refractivity contribution in [1.82, 2.24) is 0 Å². The van der Waals surface area contributed by atoms with Gasteiger partial charge >= 0.3 is 0 Å². The standard InChI is InChI=1S/C8H12O/c1-6(2)8(4)7(3)5-9/h5H,3H2,1-2,4H3. The van der Waals surface area contributed by atoms with Gasteiger partial charge in [-0.2, -0.15) is 0 Å². The lowest BCUT2D eigenvalue weighted by molar-refractivity contribution is -0.104. The number of rotatable bonds is 2. The molecule has 1 nitrogen and oxygen atoms in total. The largest absolute Gasteiger partial charge is 0.298 e. The first-order valence-corrected chi connectivity index (χ1v) is 2.88. The minimum absolute atomic E-state index is 0.579. The lowest BCUT2D eigenvalue weighted by Crippen LogP contribution is -1.85. The number of carbonyl (C=O) groups excluding carboxylic acids is 1. The number of hydrogen-bond donors (Lipinski definition) is 0. The molecular formula is C8H12O. The molecule has 0 bridgehead atoms. The fourth-order valence-electron chi connectivity index (χ4n) is 0.410. The quantitative estimate of drug-likeness (QED) is 0.313. The third-order valence-corrected chi connectivity index (χ3v) is 1.37. The molecule has 0 N–H and O–H groups in total. The molecule has 0 aromatic heterocycles. The van der Waals surface area contributed by atoms with Gasteiger partial charge in [-0.15, -0.1) is 0 Å². The van der Waals surface area contributed by atoms with Crippen LogP contribution in [0.25, 0.3) is 0 Å². The van der Waals surface area contributed by atoms with Crippen molar-refractivity contribution in [3.63, 3.8) is 0 Å². The summed E-state index contributed by atoms with van der Waals surface area (Å²) in [6.07, 6.45) is 0.780. The number of carbonyl (C=O) groups is 1. The van der Waals surface area contributed by atoms with Crippen LogP contribution in [0.3, 0.4) is 0 Å². The highest BCUT2D eigenvalue weighted by Crippen LogP contribution is 2.08. The summed E-state index contributed by atoms with van der Waals surface area (Å²) in [5.74, 6) is 0. The number of aldehydes is 1. The molecule has 0 atom stereocenters. The molecule has 0 aliphatic heterocycles. The first-order chi connectivity index (χ1) is 4.09. The van der Waals surface area contributed by atoms with E-state index in [9.17, 15) is 4.79 Å². The fourth-order valence-corrected chi connectivity index (χ4v) is 0.410. The van der Waals surface area contributed by atoms with Crippen molar-refractivity contribution in [2.45, 2.75) is 20.8 Å². The maximum atomic E-state index is 10.1. The van der Waals surface area contributed by atoms with Crippen molar-refractivity contribution in [2.24, 2.45) is 0 Å². The summed E-state index contributed by atoms with van der Waals surface area (Å²) in [6.45, 7) is 9.39. The molecule has 0 spiro atoms. The molecule has 1 heteroatoms. The average Bonchev–Trinajstić information content (AvgIpc) is 1.84. The third-order valence-electron chi connectivity index (χ3n) is 1.37. The highest BCUT2D eigenvalue weighted by atomic mass is 16.1. The van der Waals surface area contributed by atoms with Crippen LogP contribution in [0.5, 0.6) is 0 Å². The molecule has 0 fully saturated rings. The molecule has 0 aliphatic carbocycles. The molecule has 0 heterocycles. The highest BCUT2D eigenvalue weighted by Gasteiger charge is 1.94. The van der Waals surface area contributed by atoms with E-state index in [1.165, 1.54) is 0 Å². The van der Waals surface area contributed by atoms with Gasteiger partial charge in [-0.05, 0) is 26.3 Å². The van der Waals surface area contributed by atoms with E-state index >= 15 is 0 Å². The molecular weight excluding hydrogens is 112 g/mol. The Morgan fingerprint density at radius 3 is 1.89 bits per heavy atom. The van der Waals surface area contributed by atoms with Gasteiger partial charge < -0.3 is 0 Å². The minimum Gasteiger partial charge on any atom is -0.298 e. The SMILES string of the molecule is C=C(C=O)C(C)=C(C)C. The predicted molar refractivity (Wildman–Crippen MR) is 39.3 cm³/mol. The van der Waals surface area contributed by atoms with E-state index in [-0.39, 0.29) is 0 Å². The van der Waals surface area contributed by atoms with Crippen molar-refractivity contribution < 1.29 is 4.79 Å². The molecule has 0 aromatic rings. The first kappa shape index (κ1) is 8.15. The van der Waals surface area contributed by atoms with Gasteiger partial charge in [0.2, 0.25) is 0 Å². The molecule has 9 heavy (non-hydrogen) atoms. The lowest BCUT2D eigenvalue weighted by atomic mass is 10.1. The van der Waals surface area contributed by atoms with E-state index in [0.29, 0.717) is 5.57 Å². The van der Waals surface area contributed by atoms with Crippen LogP contribution >= 0.6 is 0 Å². The van der Waals surface area contributed by atoms with Crippen LogP contribution in [0.4, 0.5) is 0 Å². The van der Waals surface area contributed by atoms with Gasteiger partial charge in [0.05, 0.1) is 0 Å². The van der Waals surface area contributed by atoms with Gasteiger partial charge in [-0.25, -0.2) is 0 Å². The van der Waals surface area contributed by atoms with Crippen molar-refractivity contribution in [3.8, 4) is 0 Å². The lowest BCUT2D eigenvalue weighted by Gasteiger charge is -1.98. The van der Waals surface area contributed by atoms with E-state index in [2.05, 4.69) is 6.58 Å². The van der Waals surface area contributed by atoms with Crippen molar-refractivity contribution in [1.29, 1.82) is 0 Å². The summed E-state index contributed by atoms with van der Waals surface area (Å²) in [4.78, 5) is 10.1. The Kier molecular flexibility index (Phi) is 2.93. The predicted octanol–water partition coefficient (Wildman–Crippen LogP) is 2.10. The zero-order chi connectivity index (χ0) is 7.44. The van der Waals surface area contributed by atoms with E-state index in [1.807, 2.05) is 20.8 Å². The molecule has 0 aliphatic rings. The Balaban J connectivity index is 4.39. The number of allylic oxidation sites excluding steroid dienone is 3. The Hall–Kier alpha value is -0.850. The van der Waals surface area contributed by atoms with Gasteiger partial charge in [0.15, 0.2) is 0 Å². The molecule has 0 amide bonds. The van der Waals surface area contributed by atoms with Crippen LogP contribution in [-0.4, -0.2) is 6.29 Å². The summed E-state index contributed by atoms with van der Waals surface area (Å²) < 4.78 is 0. The Morgan fingerprint density at radius 1 is 1.33 bits per heavy atom. The maximum Gasteiger partial charge on any atom is 0.149 e. The van der Waals surface area contributed by atoms with E-state index in [0.717, 1.165) is 17.4 Å². The average molecular weight is 124 g/mol. The Morgan fingerprint density at radius 2 is 1.78 bits per heavy atom. The van der Waals surface area contributed by atoms with Crippen molar-refractivity contribution >= 4 is 6.29 Å². The summed E-state index contributed by atoms with van der Waals surface area (Å²) in [5, 5.41) is 0. The highest BCUT2D eigenvalue weighted by molar-refractivity contribution is 5.79. The van der Waals surface area contributed by atoms with Crippen LogP contribution in [0.1, 0.15) is 20.8 Å². The summed E-state index contributed by atoms with van der Waals surface area (Å²) in [5.41, 5.74) is 2.71. The second kappa shape index (κ2) is 3.23. The van der Waals surface area contributed by atoms with E-state index < -0.39 is 0 Å². The molecule has 0 radical (unpaired) electrons. The normalized spacial score (nSPS) is 8.33. The summed E-state index contributed by atoms with van der Waals surface area (Å²) >= 11 is 0. The second-order valence-corrected chi connectivity index (χ2v) is 2.27. The van der Waals surface area contributed by atoms with Crippen molar-refractivity contribution in [3.05, 3.63) is 23.3 Å². The first-order valence-electron chi connectivity index (χ1n) is 2.88. The molecule has 0 saturated carbocycles. The van der Waals surface area contributed by atoms with Crippen LogP contribution < -0.4 is 0 Å². The monoisotopic (exact) mass is 124 g/mol. The maximum absolute atomic E-state index is 10.1. The van der Waals surface area contributed by atoms with E-state index in [1.54, 1.807) is 0 Å². The molecule has 0 aromatic carbocycles. The van der Waals surface area contributed by atoms with Crippen LogP contribution in [0.2, 0.25) is 0 Å². The van der Waals surface area contributed by atoms with Crippen LogP contribution in [0.15, 0.2) is 23.3 Å². The van der Waals surface area contributed by atoms with Gasteiger partial charge in [0.25, 0.3) is 0 Å². The summed E-state index contributed by atoms with van der Waals surface area (Å²) in [6, 6.07) is 0. The Labute approximate surface area is 56.1 Å². The van der Waals surface area contributed by atoms with Crippen molar-refractivity contribution in [2.75, 3.05) is 0 Å². The molecule has 0 rings (SSSR count).